The summed E-state index contributed by atoms with van der Waals surface area (Å²) < 4.78 is 0. The second-order valence-electron chi connectivity index (χ2n) is 5.98. The van der Waals surface area contributed by atoms with Gasteiger partial charge in [-0.2, -0.15) is 0 Å². The van der Waals surface area contributed by atoms with Gasteiger partial charge in [-0.1, -0.05) is 80.3 Å². The van der Waals surface area contributed by atoms with Gasteiger partial charge in [-0.05, 0) is 28.8 Å². The second-order valence-corrected chi connectivity index (χ2v) is 11.0. The zero-order valence-electron chi connectivity index (χ0n) is 12.3. The van der Waals surface area contributed by atoms with Crippen LogP contribution in [0.15, 0.2) is 60.7 Å². The maximum absolute atomic E-state index is 2.42. The van der Waals surface area contributed by atoms with Gasteiger partial charge in [-0.3, -0.25) is 0 Å². The maximum atomic E-state index is 2.42. The highest BCUT2D eigenvalue weighted by atomic mass is 28.3. The normalized spacial score (nSPS) is 13.1. The summed E-state index contributed by atoms with van der Waals surface area (Å²) in [5.74, 6) is 0. The summed E-state index contributed by atoms with van der Waals surface area (Å²) in [6.07, 6.45) is 0. The number of rotatable bonds is 3. The molecule has 0 nitrogen and oxygen atoms in total. The van der Waals surface area contributed by atoms with Crippen LogP contribution in [-0.4, -0.2) is 8.07 Å². The van der Waals surface area contributed by atoms with Crippen molar-refractivity contribution in [3.63, 3.8) is 0 Å². The molecule has 0 spiro atoms. The zero-order valence-corrected chi connectivity index (χ0v) is 13.3. The number of hydrogen-bond donors (Lipinski definition) is 0. The molecule has 0 fully saturated rings. The Morgan fingerprint density at radius 3 is 1.53 bits per heavy atom. The molecule has 0 aliphatic heterocycles. The van der Waals surface area contributed by atoms with E-state index in [0.29, 0.717) is 0 Å². The molecule has 0 amide bonds. The molecule has 2 aromatic carbocycles. The van der Waals surface area contributed by atoms with Crippen LogP contribution in [0.5, 0.6) is 0 Å². The maximum Gasteiger partial charge on any atom is 0.0787 e. The smallest absolute Gasteiger partial charge is 0.0656 e. The fourth-order valence-electron chi connectivity index (χ4n) is 2.65. The van der Waals surface area contributed by atoms with E-state index in [1.54, 1.807) is 5.20 Å². The lowest BCUT2D eigenvalue weighted by Crippen LogP contribution is -2.23. The molecule has 0 saturated heterocycles. The summed E-state index contributed by atoms with van der Waals surface area (Å²) in [6, 6.07) is 21.5. The summed E-state index contributed by atoms with van der Waals surface area (Å²) in [6.45, 7) is 9.52. The quantitative estimate of drug-likeness (QED) is 0.508. The number of allylic oxidation sites excluding steroid dienone is 1. The van der Waals surface area contributed by atoms with Gasteiger partial charge in [-0.25, -0.2) is 0 Å². The van der Waals surface area contributed by atoms with Crippen LogP contribution >= 0.6 is 0 Å². The first-order valence-electron chi connectivity index (χ1n) is 6.82. The summed E-state index contributed by atoms with van der Waals surface area (Å²) in [7, 11) is -1.39. The van der Waals surface area contributed by atoms with Crippen molar-refractivity contribution in [1.82, 2.24) is 0 Å². The highest BCUT2D eigenvalue weighted by Crippen LogP contribution is 2.33. The highest BCUT2D eigenvalue weighted by molar-refractivity contribution is 6.95. The van der Waals surface area contributed by atoms with Crippen molar-refractivity contribution in [2.45, 2.75) is 26.6 Å². The Bertz CT molecular complexity index is 560. The van der Waals surface area contributed by atoms with Gasteiger partial charge in [0.1, 0.15) is 0 Å². The van der Waals surface area contributed by atoms with Crippen molar-refractivity contribution in [3.8, 4) is 0 Å². The average Bonchev–Trinajstić information content (AvgIpc) is 2.39. The lowest BCUT2D eigenvalue weighted by molar-refractivity contribution is 1.54. The molecule has 0 radical (unpaired) electrons. The van der Waals surface area contributed by atoms with Crippen LogP contribution < -0.4 is 0 Å². The largest absolute Gasteiger partial charge is 0.0787 e. The van der Waals surface area contributed by atoms with E-state index in [1.165, 1.54) is 16.7 Å². The molecule has 98 valence electrons. The van der Waals surface area contributed by atoms with Crippen LogP contribution in [0.1, 0.15) is 18.1 Å². The molecule has 0 aromatic heterocycles. The van der Waals surface area contributed by atoms with E-state index in [4.69, 9.17) is 0 Å². The summed E-state index contributed by atoms with van der Waals surface area (Å²) >= 11 is 0. The van der Waals surface area contributed by atoms with Crippen LogP contribution in [-0.2, 0) is 0 Å². The van der Waals surface area contributed by atoms with Crippen molar-refractivity contribution in [1.29, 1.82) is 0 Å². The third-order valence-electron chi connectivity index (χ3n) is 3.39. The molecule has 0 bridgehead atoms. The molecule has 19 heavy (non-hydrogen) atoms. The molecular weight excluding hydrogens is 244 g/mol. The average molecular weight is 266 g/mol. The fourth-order valence-corrected chi connectivity index (χ4v) is 4.95. The van der Waals surface area contributed by atoms with E-state index >= 15 is 0 Å². The van der Waals surface area contributed by atoms with E-state index in [2.05, 4.69) is 87.2 Å². The monoisotopic (exact) mass is 266 g/mol. The topological polar surface area (TPSA) is 0 Å². The minimum Gasteiger partial charge on any atom is -0.0656 e. The van der Waals surface area contributed by atoms with E-state index in [-0.39, 0.29) is 0 Å². The van der Waals surface area contributed by atoms with Crippen LogP contribution in [0, 0.1) is 0 Å². The zero-order chi connectivity index (χ0) is 13.9. The molecular formula is C18H22Si. The first-order chi connectivity index (χ1) is 9.00. The SMILES string of the molecule is C/C(=C(\c1ccccc1)[Si](C)(C)C)c1ccccc1. The fraction of sp³-hybridized carbons (Fsp3) is 0.222. The van der Waals surface area contributed by atoms with Gasteiger partial charge in [0.05, 0.1) is 8.07 Å². The molecule has 1 heteroatoms. The van der Waals surface area contributed by atoms with Crippen LogP contribution in [0.25, 0.3) is 10.8 Å². The van der Waals surface area contributed by atoms with Crippen LogP contribution in [0.3, 0.4) is 0 Å². The summed E-state index contributed by atoms with van der Waals surface area (Å²) in [5, 5.41) is 1.55. The molecule has 2 rings (SSSR count). The predicted octanol–water partition coefficient (Wildman–Crippen LogP) is 5.49. The predicted molar refractivity (Wildman–Crippen MR) is 88.7 cm³/mol. The molecule has 0 saturated carbocycles. The second kappa shape index (κ2) is 5.58. The van der Waals surface area contributed by atoms with Gasteiger partial charge >= 0.3 is 0 Å². The van der Waals surface area contributed by atoms with Gasteiger partial charge in [0, 0.05) is 0 Å². The minimum absolute atomic E-state index is 1.34. The van der Waals surface area contributed by atoms with Crippen molar-refractivity contribution in [2.24, 2.45) is 0 Å². The molecule has 0 heterocycles. The van der Waals surface area contributed by atoms with Crippen molar-refractivity contribution in [2.75, 3.05) is 0 Å². The molecule has 0 unspecified atom stereocenters. The number of hydrogen-bond acceptors (Lipinski definition) is 0. The molecule has 0 atom stereocenters. The van der Waals surface area contributed by atoms with Gasteiger partial charge in [0.25, 0.3) is 0 Å². The number of benzene rings is 2. The minimum atomic E-state index is -1.39. The Morgan fingerprint density at radius 1 is 0.684 bits per heavy atom. The first-order valence-corrected chi connectivity index (χ1v) is 10.3. The Labute approximate surface area is 117 Å². The van der Waals surface area contributed by atoms with Crippen LogP contribution in [0.2, 0.25) is 19.6 Å². The van der Waals surface area contributed by atoms with E-state index in [9.17, 15) is 0 Å². The first kappa shape index (κ1) is 13.8. The van der Waals surface area contributed by atoms with Gasteiger partial charge in [0.2, 0.25) is 0 Å². The molecule has 2 aromatic rings. The molecule has 0 aliphatic carbocycles. The van der Waals surface area contributed by atoms with Crippen molar-refractivity contribution in [3.05, 3.63) is 71.8 Å². The van der Waals surface area contributed by atoms with E-state index in [0.717, 1.165) is 0 Å². The highest BCUT2D eigenvalue weighted by Gasteiger charge is 2.23. The molecule has 0 aliphatic rings. The van der Waals surface area contributed by atoms with E-state index in [1.807, 2.05) is 0 Å². The van der Waals surface area contributed by atoms with Gasteiger partial charge < -0.3 is 0 Å². The lowest BCUT2D eigenvalue weighted by atomic mass is 10.0. The standard InChI is InChI=1S/C18H22Si/c1-15(16-11-7-5-8-12-16)18(19(2,3)4)17-13-9-6-10-14-17/h5-14H,1-4H3/b18-15-. The Hall–Kier alpha value is -1.60. The Balaban J connectivity index is 2.63. The van der Waals surface area contributed by atoms with Gasteiger partial charge in [-0.15, -0.1) is 0 Å². The lowest BCUT2D eigenvalue weighted by Gasteiger charge is -2.25. The molecule has 0 N–H and O–H groups in total. The summed E-state index contributed by atoms with van der Waals surface area (Å²) in [4.78, 5) is 0. The summed E-state index contributed by atoms with van der Waals surface area (Å²) in [5.41, 5.74) is 4.14. The van der Waals surface area contributed by atoms with Crippen LogP contribution in [0.4, 0.5) is 0 Å². The van der Waals surface area contributed by atoms with Gasteiger partial charge in [0.15, 0.2) is 0 Å². The van der Waals surface area contributed by atoms with E-state index < -0.39 is 8.07 Å². The van der Waals surface area contributed by atoms with Crippen molar-refractivity contribution >= 4 is 18.8 Å². The Kier molecular flexibility index (Phi) is 4.06. The van der Waals surface area contributed by atoms with Crippen molar-refractivity contribution < 1.29 is 0 Å². The Morgan fingerprint density at radius 2 is 1.11 bits per heavy atom. The third-order valence-corrected chi connectivity index (χ3v) is 5.56. The third kappa shape index (κ3) is 3.24.